The molecule has 0 atom stereocenters. The average Bonchev–Trinajstić information content (AvgIpc) is 3.44. The minimum Gasteiger partial charge on any atom is -0.378 e. The van der Waals surface area contributed by atoms with Crippen LogP contribution in [0.4, 0.5) is 11.6 Å². The van der Waals surface area contributed by atoms with Crippen LogP contribution in [0.2, 0.25) is 0 Å². The summed E-state index contributed by atoms with van der Waals surface area (Å²) in [5.74, 6) is 0.319. The normalized spacial score (nSPS) is 18.4. The van der Waals surface area contributed by atoms with Crippen molar-refractivity contribution in [2.45, 2.75) is 18.3 Å². The number of morpholine rings is 1. The van der Waals surface area contributed by atoms with Gasteiger partial charge in [-0.15, -0.1) is 5.10 Å². The molecule has 7 nitrogen and oxygen atoms in total. The number of carbonyl (C=O) groups is 1. The van der Waals surface area contributed by atoms with E-state index in [1.165, 1.54) is 0 Å². The second-order valence-electron chi connectivity index (χ2n) is 7.13. The first-order chi connectivity index (χ1) is 13.2. The van der Waals surface area contributed by atoms with E-state index in [9.17, 15) is 4.79 Å². The molecule has 1 saturated carbocycles. The summed E-state index contributed by atoms with van der Waals surface area (Å²) in [6, 6.07) is 13.9. The number of benzene rings is 1. The Bertz CT molecular complexity index is 974. The lowest BCUT2D eigenvalue weighted by Crippen LogP contribution is -2.36. The molecule has 1 aliphatic carbocycles. The van der Waals surface area contributed by atoms with Crippen molar-refractivity contribution in [1.29, 1.82) is 0 Å². The first-order valence-corrected chi connectivity index (χ1v) is 9.31. The van der Waals surface area contributed by atoms with Crippen LogP contribution in [0.15, 0.2) is 48.7 Å². The molecule has 7 heteroatoms. The lowest BCUT2D eigenvalue weighted by molar-refractivity contribution is -0.118. The number of pyridine rings is 1. The van der Waals surface area contributed by atoms with Gasteiger partial charge in [-0.05, 0) is 30.5 Å². The number of hydrogen-bond donors (Lipinski definition) is 1. The first kappa shape index (κ1) is 16.3. The van der Waals surface area contributed by atoms with Crippen LogP contribution in [0.5, 0.6) is 0 Å². The summed E-state index contributed by atoms with van der Waals surface area (Å²) in [6.07, 6.45) is 3.67. The van der Waals surface area contributed by atoms with Gasteiger partial charge in [-0.25, -0.2) is 4.52 Å². The number of carbonyl (C=O) groups excluding carboxylic acids is 1. The van der Waals surface area contributed by atoms with Gasteiger partial charge < -0.3 is 9.64 Å². The van der Waals surface area contributed by atoms with Gasteiger partial charge in [0.25, 0.3) is 0 Å². The minimum absolute atomic E-state index is 0.0296. The van der Waals surface area contributed by atoms with E-state index in [0.29, 0.717) is 11.6 Å². The number of nitrogens with zero attached hydrogens (tertiary/aromatic N) is 4. The van der Waals surface area contributed by atoms with Gasteiger partial charge in [0.05, 0.1) is 30.5 Å². The van der Waals surface area contributed by atoms with E-state index in [1.54, 1.807) is 4.52 Å². The largest absolute Gasteiger partial charge is 0.378 e. The molecule has 1 saturated heterocycles. The second-order valence-corrected chi connectivity index (χ2v) is 7.13. The zero-order valence-corrected chi connectivity index (χ0v) is 15.0. The Kier molecular flexibility index (Phi) is 3.82. The van der Waals surface area contributed by atoms with E-state index in [4.69, 9.17) is 4.74 Å². The van der Waals surface area contributed by atoms with E-state index >= 15 is 0 Å². The summed E-state index contributed by atoms with van der Waals surface area (Å²) < 4.78 is 7.13. The standard InChI is InChI=1S/C20H21N5O2/c26-18(20(8-9-20)15-4-2-1-3-5-15)22-19-21-17-7-6-16(14-25(17)23-19)24-10-12-27-13-11-24/h1-7,14H,8-13H2,(H,22,23,26). The molecule has 1 N–H and O–H groups in total. The van der Waals surface area contributed by atoms with Gasteiger partial charge in [0.1, 0.15) is 0 Å². The van der Waals surface area contributed by atoms with Crippen LogP contribution < -0.4 is 10.2 Å². The molecular formula is C20H21N5O2. The first-order valence-electron chi connectivity index (χ1n) is 9.31. The Morgan fingerprint density at radius 3 is 2.59 bits per heavy atom. The molecule has 0 radical (unpaired) electrons. The SMILES string of the molecule is O=C(Nc1nc2ccc(N3CCOCC3)cn2n1)C1(c2ccccc2)CC1. The predicted molar refractivity (Wildman–Crippen MR) is 102 cm³/mol. The molecule has 5 rings (SSSR count). The van der Waals surface area contributed by atoms with Crippen molar-refractivity contribution in [1.82, 2.24) is 14.6 Å². The topological polar surface area (TPSA) is 71.8 Å². The number of aromatic nitrogens is 3. The highest BCUT2D eigenvalue weighted by Gasteiger charge is 2.51. The highest BCUT2D eigenvalue weighted by molar-refractivity contribution is 6.00. The molecule has 0 spiro atoms. The molecule has 0 unspecified atom stereocenters. The molecule has 2 aliphatic rings. The Morgan fingerprint density at radius 1 is 1.07 bits per heavy atom. The lowest BCUT2D eigenvalue weighted by atomic mass is 9.95. The van der Waals surface area contributed by atoms with Crippen molar-refractivity contribution < 1.29 is 9.53 Å². The molecule has 2 aromatic heterocycles. The number of hydrogen-bond acceptors (Lipinski definition) is 5. The molecule has 0 bridgehead atoms. The van der Waals surface area contributed by atoms with E-state index in [0.717, 1.165) is 50.4 Å². The molecule has 1 aliphatic heterocycles. The molecule has 1 amide bonds. The summed E-state index contributed by atoms with van der Waals surface area (Å²) in [7, 11) is 0. The highest BCUT2D eigenvalue weighted by atomic mass is 16.5. The van der Waals surface area contributed by atoms with Crippen LogP contribution in [0.25, 0.3) is 5.65 Å². The van der Waals surface area contributed by atoms with E-state index < -0.39 is 5.41 Å². The summed E-state index contributed by atoms with van der Waals surface area (Å²) in [5.41, 5.74) is 2.42. The number of amides is 1. The second kappa shape index (κ2) is 6.35. The highest BCUT2D eigenvalue weighted by Crippen LogP contribution is 2.48. The number of nitrogens with one attached hydrogen (secondary N) is 1. The van der Waals surface area contributed by atoms with Gasteiger partial charge in [0, 0.05) is 13.1 Å². The lowest BCUT2D eigenvalue weighted by Gasteiger charge is -2.28. The van der Waals surface area contributed by atoms with Crippen LogP contribution in [-0.4, -0.2) is 46.8 Å². The predicted octanol–water partition coefficient (Wildman–Crippen LogP) is 2.24. The van der Waals surface area contributed by atoms with Gasteiger partial charge in [-0.3, -0.25) is 10.1 Å². The molecule has 2 fully saturated rings. The third kappa shape index (κ3) is 2.94. The Hall–Kier alpha value is -2.93. The average molecular weight is 363 g/mol. The van der Waals surface area contributed by atoms with Gasteiger partial charge in [0.15, 0.2) is 5.65 Å². The van der Waals surface area contributed by atoms with Crippen molar-refractivity contribution in [3.63, 3.8) is 0 Å². The van der Waals surface area contributed by atoms with Crippen molar-refractivity contribution >= 4 is 23.2 Å². The van der Waals surface area contributed by atoms with Crippen LogP contribution in [0.3, 0.4) is 0 Å². The Morgan fingerprint density at radius 2 is 1.85 bits per heavy atom. The van der Waals surface area contributed by atoms with Gasteiger partial charge >= 0.3 is 0 Å². The molecule has 138 valence electrons. The number of anilines is 2. The number of fused-ring (bicyclic) bond motifs is 1. The zero-order valence-electron chi connectivity index (χ0n) is 15.0. The minimum atomic E-state index is -0.433. The fourth-order valence-electron chi connectivity index (χ4n) is 3.68. The van der Waals surface area contributed by atoms with Crippen molar-refractivity contribution in [2.75, 3.05) is 36.5 Å². The van der Waals surface area contributed by atoms with Crippen molar-refractivity contribution in [2.24, 2.45) is 0 Å². The molecule has 1 aromatic carbocycles. The van der Waals surface area contributed by atoms with E-state index in [-0.39, 0.29) is 5.91 Å². The summed E-state index contributed by atoms with van der Waals surface area (Å²) in [5, 5.41) is 7.37. The van der Waals surface area contributed by atoms with Gasteiger partial charge in [-0.2, -0.15) is 4.98 Å². The quantitative estimate of drug-likeness (QED) is 0.770. The summed E-state index contributed by atoms with van der Waals surface area (Å²) in [6.45, 7) is 3.20. The maximum Gasteiger partial charge on any atom is 0.249 e. The third-order valence-electron chi connectivity index (χ3n) is 5.43. The monoisotopic (exact) mass is 363 g/mol. The van der Waals surface area contributed by atoms with Crippen molar-refractivity contribution in [3.8, 4) is 0 Å². The number of rotatable bonds is 4. The zero-order chi connectivity index (χ0) is 18.3. The molecule has 3 heterocycles. The summed E-state index contributed by atoms with van der Waals surface area (Å²) >= 11 is 0. The molecular weight excluding hydrogens is 342 g/mol. The fraction of sp³-hybridized carbons (Fsp3) is 0.350. The fourth-order valence-corrected chi connectivity index (χ4v) is 3.68. The summed E-state index contributed by atoms with van der Waals surface area (Å²) in [4.78, 5) is 19.6. The molecule has 27 heavy (non-hydrogen) atoms. The maximum absolute atomic E-state index is 12.9. The van der Waals surface area contributed by atoms with Crippen LogP contribution >= 0.6 is 0 Å². The van der Waals surface area contributed by atoms with Gasteiger partial charge in [-0.1, -0.05) is 30.3 Å². The maximum atomic E-state index is 12.9. The number of ether oxygens (including phenoxy) is 1. The third-order valence-corrected chi connectivity index (χ3v) is 5.43. The Balaban J connectivity index is 1.37. The van der Waals surface area contributed by atoms with E-state index in [2.05, 4.69) is 20.3 Å². The molecule has 3 aromatic rings. The van der Waals surface area contributed by atoms with Gasteiger partial charge in [0.2, 0.25) is 11.9 Å². The van der Waals surface area contributed by atoms with Crippen LogP contribution in [0, 0.1) is 0 Å². The van der Waals surface area contributed by atoms with E-state index in [1.807, 2.05) is 48.7 Å². The Labute approximate surface area is 157 Å². The smallest absolute Gasteiger partial charge is 0.249 e. The van der Waals surface area contributed by atoms with Crippen molar-refractivity contribution in [3.05, 3.63) is 54.2 Å². The van der Waals surface area contributed by atoms with Crippen LogP contribution in [0.1, 0.15) is 18.4 Å². The van der Waals surface area contributed by atoms with Crippen LogP contribution in [-0.2, 0) is 14.9 Å².